The van der Waals surface area contributed by atoms with Gasteiger partial charge in [0.05, 0.1) is 5.69 Å². The molecule has 0 spiro atoms. The zero-order valence-corrected chi connectivity index (χ0v) is 15.3. The lowest BCUT2D eigenvalue weighted by molar-refractivity contribution is 0.869. The lowest BCUT2D eigenvalue weighted by Gasteiger charge is -2.12. The Balaban J connectivity index is 1.85. The number of nitrogens with zero attached hydrogens (tertiary/aromatic N) is 3. The number of rotatable bonds is 7. The average Bonchev–Trinajstić information content (AvgIpc) is 2.63. The molecular weight excluding hydrogens is 348 g/mol. The van der Waals surface area contributed by atoms with Crippen molar-refractivity contribution >= 4 is 29.1 Å². The van der Waals surface area contributed by atoms with E-state index in [0.717, 1.165) is 41.3 Å². The molecule has 0 atom stereocenters. The fourth-order valence-electron chi connectivity index (χ4n) is 2.56. The topological polar surface area (TPSA) is 88.8 Å². The van der Waals surface area contributed by atoms with Crippen molar-refractivity contribution in [2.24, 2.45) is 5.73 Å². The van der Waals surface area contributed by atoms with Crippen LogP contribution < -0.4 is 16.4 Å². The summed E-state index contributed by atoms with van der Waals surface area (Å²) in [5.74, 6) is 1.36. The van der Waals surface area contributed by atoms with Crippen molar-refractivity contribution in [3.63, 3.8) is 0 Å². The molecular formula is C19H21ClN6. The molecule has 1 aromatic carbocycles. The number of aromatic nitrogens is 3. The third kappa shape index (κ3) is 4.47. The standard InChI is InChI=1S/C19H21ClN6/c1-13-16(6-10-23-18(13)22-9-3-8-21)17-7-11-24-19(26-17)25-15-5-2-4-14(20)12-15/h2,4-7,10-12H,3,8-9,21H2,1H3,(H,22,23)(H,24,25,26). The lowest BCUT2D eigenvalue weighted by atomic mass is 10.1. The second-order valence-electron chi connectivity index (χ2n) is 5.80. The van der Waals surface area contributed by atoms with Crippen molar-refractivity contribution in [2.75, 3.05) is 23.7 Å². The Morgan fingerprint density at radius 1 is 1.12 bits per heavy atom. The molecule has 3 aromatic rings. The van der Waals surface area contributed by atoms with Gasteiger partial charge >= 0.3 is 0 Å². The number of pyridine rings is 1. The Labute approximate surface area is 157 Å². The molecule has 0 aliphatic rings. The largest absolute Gasteiger partial charge is 0.370 e. The Morgan fingerprint density at radius 2 is 1.96 bits per heavy atom. The van der Waals surface area contributed by atoms with E-state index in [1.165, 1.54) is 0 Å². The summed E-state index contributed by atoms with van der Waals surface area (Å²) in [4.78, 5) is 13.3. The van der Waals surface area contributed by atoms with E-state index in [9.17, 15) is 0 Å². The van der Waals surface area contributed by atoms with Gasteiger partial charge in [0.2, 0.25) is 5.95 Å². The second kappa shape index (κ2) is 8.60. The van der Waals surface area contributed by atoms with Gasteiger partial charge in [0.15, 0.2) is 0 Å². The zero-order valence-electron chi connectivity index (χ0n) is 14.5. The maximum Gasteiger partial charge on any atom is 0.227 e. The molecule has 2 heterocycles. The highest BCUT2D eigenvalue weighted by atomic mass is 35.5. The van der Waals surface area contributed by atoms with Gasteiger partial charge in [-0.05, 0) is 50.2 Å². The first-order chi connectivity index (χ1) is 12.7. The normalized spacial score (nSPS) is 10.6. The van der Waals surface area contributed by atoms with Gasteiger partial charge in [-0.25, -0.2) is 15.0 Å². The maximum absolute atomic E-state index is 6.03. The number of benzene rings is 1. The molecule has 0 aliphatic heterocycles. The predicted octanol–water partition coefficient (Wildman–Crippen LogP) is 4.00. The summed E-state index contributed by atoms with van der Waals surface area (Å²) in [7, 11) is 0. The molecule has 4 N–H and O–H groups in total. The van der Waals surface area contributed by atoms with Gasteiger partial charge < -0.3 is 16.4 Å². The van der Waals surface area contributed by atoms with Crippen molar-refractivity contribution in [1.29, 1.82) is 0 Å². The highest BCUT2D eigenvalue weighted by Crippen LogP contribution is 2.26. The van der Waals surface area contributed by atoms with Crippen LogP contribution >= 0.6 is 11.6 Å². The maximum atomic E-state index is 6.03. The molecule has 0 fully saturated rings. The summed E-state index contributed by atoms with van der Waals surface area (Å²) >= 11 is 6.03. The highest BCUT2D eigenvalue weighted by molar-refractivity contribution is 6.30. The molecule has 0 saturated heterocycles. The fourth-order valence-corrected chi connectivity index (χ4v) is 2.75. The summed E-state index contributed by atoms with van der Waals surface area (Å²) < 4.78 is 0. The van der Waals surface area contributed by atoms with Gasteiger partial charge in [0.1, 0.15) is 5.82 Å². The van der Waals surface area contributed by atoms with Crippen LogP contribution in [0.2, 0.25) is 5.02 Å². The van der Waals surface area contributed by atoms with Gasteiger partial charge in [-0.1, -0.05) is 17.7 Å². The minimum atomic E-state index is 0.513. The van der Waals surface area contributed by atoms with Crippen LogP contribution in [-0.2, 0) is 0 Å². The molecule has 0 radical (unpaired) electrons. The molecule has 0 bridgehead atoms. The van der Waals surface area contributed by atoms with Crippen molar-refractivity contribution in [2.45, 2.75) is 13.3 Å². The Bertz CT molecular complexity index is 883. The van der Waals surface area contributed by atoms with Crippen molar-refractivity contribution < 1.29 is 0 Å². The number of hydrogen-bond acceptors (Lipinski definition) is 6. The summed E-state index contributed by atoms with van der Waals surface area (Å²) in [6.45, 7) is 3.47. The van der Waals surface area contributed by atoms with E-state index in [-0.39, 0.29) is 0 Å². The van der Waals surface area contributed by atoms with Gasteiger partial charge in [-0.15, -0.1) is 0 Å². The summed E-state index contributed by atoms with van der Waals surface area (Å²) in [5.41, 5.74) is 9.26. The molecule has 134 valence electrons. The van der Waals surface area contributed by atoms with Gasteiger partial charge in [-0.3, -0.25) is 0 Å². The van der Waals surface area contributed by atoms with Crippen LogP contribution in [0.1, 0.15) is 12.0 Å². The fraction of sp³-hybridized carbons (Fsp3) is 0.211. The first kappa shape index (κ1) is 18.1. The van der Waals surface area contributed by atoms with Crippen LogP contribution in [0.5, 0.6) is 0 Å². The minimum Gasteiger partial charge on any atom is -0.370 e. The van der Waals surface area contributed by atoms with Crippen molar-refractivity contribution in [1.82, 2.24) is 15.0 Å². The monoisotopic (exact) mass is 368 g/mol. The van der Waals surface area contributed by atoms with Crippen LogP contribution in [0.3, 0.4) is 0 Å². The minimum absolute atomic E-state index is 0.513. The van der Waals surface area contributed by atoms with Crippen LogP contribution in [0.25, 0.3) is 11.3 Å². The van der Waals surface area contributed by atoms with Gasteiger partial charge in [0.25, 0.3) is 0 Å². The van der Waals surface area contributed by atoms with E-state index in [1.54, 1.807) is 12.4 Å². The lowest BCUT2D eigenvalue weighted by Crippen LogP contribution is -2.10. The van der Waals surface area contributed by atoms with Crippen molar-refractivity contribution in [3.8, 4) is 11.3 Å². The zero-order chi connectivity index (χ0) is 18.4. The van der Waals surface area contributed by atoms with Crippen LogP contribution in [-0.4, -0.2) is 28.0 Å². The molecule has 0 unspecified atom stereocenters. The number of anilines is 3. The molecule has 6 nitrogen and oxygen atoms in total. The molecule has 0 amide bonds. The first-order valence-corrected chi connectivity index (χ1v) is 8.80. The molecule has 26 heavy (non-hydrogen) atoms. The number of hydrogen-bond donors (Lipinski definition) is 3. The number of halogens is 1. The second-order valence-corrected chi connectivity index (χ2v) is 6.24. The van der Waals surface area contributed by atoms with Crippen LogP contribution in [0, 0.1) is 6.92 Å². The van der Waals surface area contributed by atoms with E-state index >= 15 is 0 Å². The van der Waals surface area contributed by atoms with Gasteiger partial charge in [-0.2, -0.15) is 0 Å². The van der Waals surface area contributed by atoms with E-state index in [4.69, 9.17) is 17.3 Å². The van der Waals surface area contributed by atoms with E-state index in [1.807, 2.05) is 43.3 Å². The third-order valence-electron chi connectivity index (χ3n) is 3.89. The quantitative estimate of drug-likeness (QED) is 0.546. The van der Waals surface area contributed by atoms with Crippen LogP contribution in [0.4, 0.5) is 17.5 Å². The highest BCUT2D eigenvalue weighted by Gasteiger charge is 2.10. The molecule has 0 aliphatic carbocycles. The molecule has 3 rings (SSSR count). The van der Waals surface area contributed by atoms with E-state index in [0.29, 0.717) is 17.5 Å². The van der Waals surface area contributed by atoms with Crippen molar-refractivity contribution in [3.05, 3.63) is 59.4 Å². The molecule has 0 saturated carbocycles. The number of nitrogens with one attached hydrogen (secondary N) is 2. The SMILES string of the molecule is Cc1c(-c2ccnc(Nc3cccc(Cl)c3)n2)ccnc1NCCCN. The summed E-state index contributed by atoms with van der Waals surface area (Å²) in [5, 5.41) is 7.16. The number of nitrogens with two attached hydrogens (primary N) is 1. The Morgan fingerprint density at radius 3 is 2.77 bits per heavy atom. The average molecular weight is 369 g/mol. The van der Waals surface area contributed by atoms with Crippen LogP contribution in [0.15, 0.2) is 48.8 Å². The Hall–Kier alpha value is -2.70. The molecule has 2 aromatic heterocycles. The van der Waals surface area contributed by atoms with E-state index in [2.05, 4.69) is 25.6 Å². The Kier molecular flexibility index (Phi) is 5.99. The molecule has 7 heteroatoms. The third-order valence-corrected chi connectivity index (χ3v) is 4.12. The smallest absolute Gasteiger partial charge is 0.227 e. The summed E-state index contributed by atoms with van der Waals surface area (Å²) in [6.07, 6.45) is 4.41. The van der Waals surface area contributed by atoms with Gasteiger partial charge in [0, 0.05) is 40.8 Å². The summed E-state index contributed by atoms with van der Waals surface area (Å²) in [6, 6.07) is 11.3. The van der Waals surface area contributed by atoms with E-state index < -0.39 is 0 Å². The predicted molar refractivity (Wildman–Crippen MR) is 107 cm³/mol. The first-order valence-electron chi connectivity index (χ1n) is 8.43.